The number of ether oxygens (including phenoxy) is 1. The molecule has 0 atom stereocenters. The van der Waals surface area contributed by atoms with Crippen LogP contribution in [-0.4, -0.2) is 60.2 Å². The lowest BCUT2D eigenvalue weighted by Crippen LogP contribution is -2.49. The Balaban J connectivity index is 1.23. The number of rotatable bonds is 7. The van der Waals surface area contributed by atoms with Crippen molar-refractivity contribution in [1.82, 2.24) is 20.2 Å². The molecule has 2 heterocycles. The van der Waals surface area contributed by atoms with Crippen molar-refractivity contribution in [3.63, 3.8) is 0 Å². The van der Waals surface area contributed by atoms with Gasteiger partial charge < -0.3 is 20.3 Å². The molecule has 1 aliphatic rings. The minimum atomic E-state index is -0.281. The summed E-state index contributed by atoms with van der Waals surface area (Å²) in [6.07, 6.45) is 3.52. The lowest BCUT2D eigenvalue weighted by Gasteiger charge is -2.34. The smallest absolute Gasteiger partial charge is 0.319 e. The van der Waals surface area contributed by atoms with Gasteiger partial charge in [-0.15, -0.1) is 0 Å². The van der Waals surface area contributed by atoms with Crippen LogP contribution in [0.15, 0.2) is 67.0 Å². The van der Waals surface area contributed by atoms with E-state index in [2.05, 4.69) is 30.4 Å². The number of carbonyl (C=O) groups is 1. The number of hydrogen-bond donors (Lipinski definition) is 2. The van der Waals surface area contributed by atoms with E-state index in [0.717, 1.165) is 38.7 Å². The molecule has 166 valence electrons. The van der Waals surface area contributed by atoms with Crippen molar-refractivity contribution in [3.8, 4) is 11.5 Å². The monoisotopic (exact) mass is 452 g/mol. The summed E-state index contributed by atoms with van der Waals surface area (Å²) in [4.78, 5) is 25.5. The largest absolute Gasteiger partial charge is 0.454 e. The van der Waals surface area contributed by atoms with Gasteiger partial charge in [-0.1, -0.05) is 35.9 Å². The van der Waals surface area contributed by atoms with Crippen LogP contribution in [0.2, 0.25) is 5.02 Å². The topological polar surface area (TPSA) is 82.6 Å². The van der Waals surface area contributed by atoms with E-state index >= 15 is 0 Å². The van der Waals surface area contributed by atoms with E-state index in [4.69, 9.17) is 16.3 Å². The number of carbonyl (C=O) groups excluding carboxylic acids is 1. The molecule has 0 aliphatic carbocycles. The molecule has 0 saturated carbocycles. The van der Waals surface area contributed by atoms with Crippen LogP contribution in [0.1, 0.15) is 0 Å². The summed E-state index contributed by atoms with van der Waals surface area (Å²) in [6.45, 7) is 4.84. The van der Waals surface area contributed by atoms with Crippen molar-refractivity contribution in [3.05, 3.63) is 72.0 Å². The van der Waals surface area contributed by atoms with Gasteiger partial charge in [0, 0.05) is 51.7 Å². The average molecular weight is 453 g/mol. The summed E-state index contributed by atoms with van der Waals surface area (Å²) >= 11 is 6.18. The van der Waals surface area contributed by atoms with Gasteiger partial charge in [0.15, 0.2) is 5.75 Å². The van der Waals surface area contributed by atoms with E-state index in [1.807, 2.05) is 30.3 Å². The second kappa shape index (κ2) is 10.8. The van der Waals surface area contributed by atoms with Gasteiger partial charge in [-0.05, 0) is 30.3 Å². The Labute approximate surface area is 192 Å². The highest BCUT2D eigenvalue weighted by Crippen LogP contribution is 2.33. The summed E-state index contributed by atoms with van der Waals surface area (Å²) in [5.74, 6) is 1.82. The number of urea groups is 1. The second-order valence-corrected chi connectivity index (χ2v) is 7.69. The van der Waals surface area contributed by atoms with Crippen LogP contribution >= 0.6 is 11.6 Å². The minimum Gasteiger partial charge on any atom is -0.454 e. The van der Waals surface area contributed by atoms with E-state index in [0.29, 0.717) is 28.8 Å². The molecule has 2 amide bonds. The normalized spacial score (nSPS) is 14.1. The summed E-state index contributed by atoms with van der Waals surface area (Å²) in [6, 6.07) is 16.0. The molecule has 4 rings (SSSR count). The first-order chi connectivity index (χ1) is 15.7. The van der Waals surface area contributed by atoms with Gasteiger partial charge in [-0.25, -0.2) is 14.8 Å². The maximum Gasteiger partial charge on any atom is 0.319 e. The Morgan fingerprint density at radius 2 is 1.62 bits per heavy atom. The predicted molar refractivity (Wildman–Crippen MR) is 126 cm³/mol. The zero-order valence-electron chi connectivity index (χ0n) is 17.6. The van der Waals surface area contributed by atoms with Gasteiger partial charge in [-0.3, -0.25) is 4.90 Å². The van der Waals surface area contributed by atoms with Gasteiger partial charge >= 0.3 is 6.03 Å². The first-order valence-electron chi connectivity index (χ1n) is 10.5. The third-order valence-corrected chi connectivity index (χ3v) is 5.42. The van der Waals surface area contributed by atoms with E-state index < -0.39 is 0 Å². The molecule has 32 heavy (non-hydrogen) atoms. The molecule has 1 aliphatic heterocycles. The first-order valence-corrected chi connectivity index (χ1v) is 10.9. The number of hydrogen-bond acceptors (Lipinski definition) is 6. The predicted octanol–water partition coefficient (Wildman–Crippen LogP) is 3.87. The summed E-state index contributed by atoms with van der Waals surface area (Å²) in [7, 11) is 0. The first kappa shape index (κ1) is 21.9. The van der Waals surface area contributed by atoms with Crippen LogP contribution in [0.3, 0.4) is 0 Å². The molecule has 1 aromatic heterocycles. The van der Waals surface area contributed by atoms with E-state index in [1.54, 1.807) is 36.7 Å². The average Bonchev–Trinajstić information content (AvgIpc) is 2.83. The van der Waals surface area contributed by atoms with Gasteiger partial charge in [0.2, 0.25) is 5.95 Å². The molecule has 0 radical (unpaired) electrons. The highest BCUT2D eigenvalue weighted by Gasteiger charge is 2.18. The Hall–Kier alpha value is -3.36. The molecule has 0 unspecified atom stereocenters. The zero-order chi connectivity index (χ0) is 22.2. The molecule has 0 spiro atoms. The number of piperazine rings is 1. The fourth-order valence-corrected chi connectivity index (χ4v) is 3.60. The highest BCUT2D eigenvalue weighted by molar-refractivity contribution is 6.32. The van der Waals surface area contributed by atoms with Gasteiger partial charge in [0.1, 0.15) is 5.75 Å². The number of halogens is 1. The van der Waals surface area contributed by atoms with Crippen LogP contribution in [0.5, 0.6) is 11.5 Å². The number of nitrogens with one attached hydrogen (secondary N) is 2. The fourth-order valence-electron chi connectivity index (χ4n) is 3.42. The molecule has 1 fully saturated rings. The molecule has 3 aromatic rings. The number of aromatic nitrogens is 2. The standard InChI is InChI=1S/C23H25ClN6O2/c24-18-6-1-3-8-20(18)32-21-9-4-2-7-19(21)28-23(31)27-12-13-29-14-16-30(17-15-29)22-25-10-5-11-26-22/h1-11H,12-17H2,(H2,27,28,31). The van der Waals surface area contributed by atoms with E-state index in [9.17, 15) is 4.79 Å². The third kappa shape index (κ3) is 5.87. The third-order valence-electron chi connectivity index (χ3n) is 5.11. The van der Waals surface area contributed by atoms with Crippen LogP contribution in [0.25, 0.3) is 0 Å². The lowest BCUT2D eigenvalue weighted by molar-refractivity contribution is 0.240. The molecule has 8 nitrogen and oxygen atoms in total. The van der Waals surface area contributed by atoms with Gasteiger partial charge in [0.05, 0.1) is 10.7 Å². The van der Waals surface area contributed by atoms with E-state index in [-0.39, 0.29) is 6.03 Å². The van der Waals surface area contributed by atoms with Gasteiger partial charge in [0.25, 0.3) is 0 Å². The summed E-state index contributed by atoms with van der Waals surface area (Å²) in [5, 5.41) is 6.27. The van der Waals surface area contributed by atoms with Crippen molar-refractivity contribution in [2.75, 3.05) is 49.5 Å². The zero-order valence-corrected chi connectivity index (χ0v) is 18.3. The van der Waals surface area contributed by atoms with Crippen molar-refractivity contribution >= 4 is 29.3 Å². The number of amides is 2. The Morgan fingerprint density at radius 3 is 2.38 bits per heavy atom. The van der Waals surface area contributed by atoms with Crippen LogP contribution in [0.4, 0.5) is 16.4 Å². The maximum atomic E-state index is 12.4. The molecule has 1 saturated heterocycles. The molecular weight excluding hydrogens is 428 g/mol. The van der Waals surface area contributed by atoms with Crippen LogP contribution in [0, 0.1) is 0 Å². The number of anilines is 2. The number of para-hydroxylation sites is 3. The minimum absolute atomic E-state index is 0.281. The van der Waals surface area contributed by atoms with Crippen molar-refractivity contribution in [2.45, 2.75) is 0 Å². The number of nitrogens with zero attached hydrogens (tertiary/aromatic N) is 4. The SMILES string of the molecule is O=C(NCCN1CCN(c2ncccn2)CC1)Nc1ccccc1Oc1ccccc1Cl. The molecule has 9 heteroatoms. The lowest BCUT2D eigenvalue weighted by atomic mass is 10.3. The van der Waals surface area contributed by atoms with Crippen LogP contribution < -0.4 is 20.3 Å². The Morgan fingerprint density at radius 1 is 0.938 bits per heavy atom. The van der Waals surface area contributed by atoms with Crippen molar-refractivity contribution < 1.29 is 9.53 Å². The fraction of sp³-hybridized carbons (Fsp3) is 0.261. The number of benzene rings is 2. The Kier molecular flexibility index (Phi) is 7.37. The maximum absolute atomic E-state index is 12.4. The molecular formula is C23H25ClN6O2. The summed E-state index contributed by atoms with van der Waals surface area (Å²) in [5.41, 5.74) is 0.571. The second-order valence-electron chi connectivity index (χ2n) is 7.29. The van der Waals surface area contributed by atoms with Gasteiger partial charge in [-0.2, -0.15) is 0 Å². The Bertz CT molecular complexity index is 1030. The van der Waals surface area contributed by atoms with E-state index in [1.165, 1.54) is 0 Å². The molecule has 0 bridgehead atoms. The highest BCUT2D eigenvalue weighted by atomic mass is 35.5. The quantitative estimate of drug-likeness (QED) is 0.566. The van der Waals surface area contributed by atoms with Crippen LogP contribution in [-0.2, 0) is 0 Å². The van der Waals surface area contributed by atoms with Crippen molar-refractivity contribution in [2.24, 2.45) is 0 Å². The van der Waals surface area contributed by atoms with Crippen molar-refractivity contribution in [1.29, 1.82) is 0 Å². The summed E-state index contributed by atoms with van der Waals surface area (Å²) < 4.78 is 5.89. The molecule has 2 N–H and O–H groups in total. The molecule has 2 aromatic carbocycles.